The van der Waals surface area contributed by atoms with Crippen LogP contribution in [0.3, 0.4) is 0 Å². The van der Waals surface area contributed by atoms with Gasteiger partial charge in [-0.25, -0.2) is 8.42 Å². The van der Waals surface area contributed by atoms with Crippen molar-refractivity contribution in [3.05, 3.63) is 53.7 Å². The lowest BCUT2D eigenvalue weighted by Crippen LogP contribution is -2.48. The average Bonchev–Trinajstić information content (AvgIpc) is 3.16. The van der Waals surface area contributed by atoms with Gasteiger partial charge in [-0.3, -0.25) is 4.98 Å². The number of hydrogen-bond donors (Lipinski definition) is 0. The molecule has 0 aromatic carbocycles. The molecule has 0 amide bonds. The van der Waals surface area contributed by atoms with E-state index in [9.17, 15) is 8.42 Å². The Labute approximate surface area is 162 Å². The van der Waals surface area contributed by atoms with Gasteiger partial charge in [0.25, 0.3) is 10.0 Å². The zero-order valence-electron chi connectivity index (χ0n) is 14.8. The lowest BCUT2D eigenvalue weighted by Gasteiger charge is -2.34. The van der Waals surface area contributed by atoms with Gasteiger partial charge in [0.05, 0.1) is 5.69 Å². The molecule has 3 aromatic heterocycles. The predicted molar refractivity (Wildman–Crippen MR) is 105 cm³/mol. The zero-order valence-corrected chi connectivity index (χ0v) is 16.4. The van der Waals surface area contributed by atoms with Crippen molar-refractivity contribution in [3.63, 3.8) is 0 Å². The second-order valence-electron chi connectivity index (χ2n) is 6.27. The molecule has 0 radical (unpaired) electrons. The first-order valence-electron chi connectivity index (χ1n) is 8.60. The number of pyridine rings is 1. The molecule has 7 nitrogen and oxygen atoms in total. The van der Waals surface area contributed by atoms with Gasteiger partial charge in [-0.05, 0) is 43.3 Å². The normalized spacial score (nSPS) is 15.8. The fraction of sp³-hybridized carbons (Fsp3) is 0.278. The SMILES string of the molecule is Cc1ccc(S(=O)(=O)N2CCN(c3ccc(-c4ccncc4)nn3)CC2)s1. The number of aromatic nitrogens is 3. The van der Waals surface area contributed by atoms with Gasteiger partial charge in [-0.2, -0.15) is 4.31 Å². The lowest BCUT2D eigenvalue weighted by atomic mass is 10.2. The fourth-order valence-electron chi connectivity index (χ4n) is 3.01. The highest BCUT2D eigenvalue weighted by Crippen LogP contribution is 2.26. The third-order valence-electron chi connectivity index (χ3n) is 4.50. The molecular formula is C18H19N5O2S2. The Hall–Kier alpha value is -2.36. The van der Waals surface area contributed by atoms with E-state index in [1.165, 1.54) is 11.3 Å². The van der Waals surface area contributed by atoms with Crippen molar-refractivity contribution in [3.8, 4) is 11.3 Å². The van der Waals surface area contributed by atoms with E-state index in [0.29, 0.717) is 30.4 Å². The highest BCUT2D eigenvalue weighted by molar-refractivity contribution is 7.91. The van der Waals surface area contributed by atoms with E-state index >= 15 is 0 Å². The van der Waals surface area contributed by atoms with Gasteiger partial charge < -0.3 is 4.90 Å². The fourth-order valence-corrected chi connectivity index (χ4v) is 5.87. The number of nitrogens with zero attached hydrogens (tertiary/aromatic N) is 5. The van der Waals surface area contributed by atoms with E-state index < -0.39 is 10.0 Å². The largest absolute Gasteiger partial charge is 0.352 e. The summed E-state index contributed by atoms with van der Waals surface area (Å²) in [6.45, 7) is 3.97. The Morgan fingerprint density at radius 1 is 0.926 bits per heavy atom. The van der Waals surface area contributed by atoms with E-state index in [-0.39, 0.29) is 0 Å². The first-order chi connectivity index (χ1) is 13.0. The van der Waals surface area contributed by atoms with E-state index in [4.69, 9.17) is 0 Å². The number of anilines is 1. The van der Waals surface area contributed by atoms with E-state index in [2.05, 4.69) is 20.1 Å². The molecule has 1 aliphatic rings. The molecule has 1 aliphatic heterocycles. The van der Waals surface area contributed by atoms with Gasteiger partial charge in [-0.1, -0.05) is 0 Å². The van der Waals surface area contributed by atoms with Crippen LogP contribution in [-0.4, -0.2) is 54.1 Å². The Morgan fingerprint density at radius 3 is 2.26 bits per heavy atom. The molecule has 4 heterocycles. The Bertz CT molecular complexity index is 1010. The van der Waals surface area contributed by atoms with Crippen LogP contribution >= 0.6 is 11.3 Å². The molecule has 0 saturated carbocycles. The number of rotatable bonds is 4. The van der Waals surface area contributed by atoms with Crippen molar-refractivity contribution in [2.45, 2.75) is 11.1 Å². The molecule has 3 aromatic rings. The predicted octanol–water partition coefficient (Wildman–Crippen LogP) is 2.42. The summed E-state index contributed by atoms with van der Waals surface area (Å²) in [7, 11) is -3.41. The van der Waals surface area contributed by atoms with Gasteiger partial charge >= 0.3 is 0 Å². The smallest absolute Gasteiger partial charge is 0.252 e. The molecule has 1 saturated heterocycles. The zero-order chi connectivity index (χ0) is 18.9. The molecule has 9 heteroatoms. The summed E-state index contributed by atoms with van der Waals surface area (Å²) in [5.74, 6) is 0.761. The standard InChI is InChI=1S/C18H19N5O2S2/c1-14-2-5-18(26-14)27(24,25)23-12-10-22(11-13-23)17-4-3-16(20-21-17)15-6-8-19-9-7-15/h2-9H,10-13H2,1H3. The molecule has 140 valence electrons. The topological polar surface area (TPSA) is 79.3 Å². The molecule has 0 unspecified atom stereocenters. The van der Waals surface area contributed by atoms with Gasteiger partial charge in [0.15, 0.2) is 5.82 Å². The number of hydrogen-bond acceptors (Lipinski definition) is 7. The summed E-state index contributed by atoms with van der Waals surface area (Å²) in [6, 6.07) is 11.2. The van der Waals surface area contributed by atoms with Crippen molar-refractivity contribution < 1.29 is 8.42 Å². The third-order valence-corrected chi connectivity index (χ3v) is 7.87. The maximum absolute atomic E-state index is 12.7. The summed E-state index contributed by atoms with van der Waals surface area (Å²) < 4.78 is 27.4. The molecule has 0 bridgehead atoms. The molecule has 0 atom stereocenters. The quantitative estimate of drug-likeness (QED) is 0.668. The minimum atomic E-state index is -3.41. The van der Waals surface area contributed by atoms with Crippen LogP contribution in [0.15, 0.2) is 53.0 Å². The first kappa shape index (κ1) is 18.0. The van der Waals surface area contributed by atoms with Gasteiger partial charge in [0.2, 0.25) is 0 Å². The van der Waals surface area contributed by atoms with Crippen LogP contribution < -0.4 is 4.90 Å². The highest BCUT2D eigenvalue weighted by atomic mass is 32.2. The third kappa shape index (κ3) is 3.71. The lowest BCUT2D eigenvalue weighted by molar-refractivity contribution is 0.384. The van der Waals surface area contributed by atoms with E-state index in [1.807, 2.05) is 37.3 Å². The summed E-state index contributed by atoms with van der Waals surface area (Å²) >= 11 is 1.31. The number of piperazine rings is 1. The number of aryl methyl sites for hydroxylation is 1. The Balaban J connectivity index is 1.43. The van der Waals surface area contributed by atoms with Crippen LogP contribution in [0.2, 0.25) is 0 Å². The monoisotopic (exact) mass is 401 g/mol. The molecule has 0 spiro atoms. The molecular weight excluding hydrogens is 382 g/mol. The second-order valence-corrected chi connectivity index (χ2v) is 9.72. The summed E-state index contributed by atoms with van der Waals surface area (Å²) in [5.41, 5.74) is 1.75. The molecule has 0 N–H and O–H groups in total. The van der Waals surface area contributed by atoms with Crippen LogP contribution in [0.4, 0.5) is 5.82 Å². The van der Waals surface area contributed by atoms with E-state index in [0.717, 1.165) is 22.0 Å². The van der Waals surface area contributed by atoms with Crippen molar-refractivity contribution in [1.29, 1.82) is 0 Å². The maximum Gasteiger partial charge on any atom is 0.252 e. The number of thiophene rings is 1. The van der Waals surface area contributed by atoms with E-state index in [1.54, 1.807) is 22.8 Å². The van der Waals surface area contributed by atoms with Crippen molar-refractivity contribution in [1.82, 2.24) is 19.5 Å². The minimum absolute atomic E-state index is 0.412. The van der Waals surface area contributed by atoms with Crippen LogP contribution in [0, 0.1) is 6.92 Å². The highest BCUT2D eigenvalue weighted by Gasteiger charge is 2.30. The Kier molecular flexibility index (Phi) is 4.90. The molecule has 0 aliphatic carbocycles. The van der Waals surface area contributed by atoms with Crippen molar-refractivity contribution in [2.24, 2.45) is 0 Å². The summed E-state index contributed by atoms with van der Waals surface area (Å²) in [5, 5.41) is 8.61. The Morgan fingerprint density at radius 2 is 1.67 bits per heavy atom. The minimum Gasteiger partial charge on any atom is -0.352 e. The summed E-state index contributed by atoms with van der Waals surface area (Å²) in [6.07, 6.45) is 3.44. The van der Waals surface area contributed by atoms with Crippen LogP contribution in [-0.2, 0) is 10.0 Å². The van der Waals surface area contributed by atoms with Gasteiger partial charge in [0.1, 0.15) is 4.21 Å². The van der Waals surface area contributed by atoms with Crippen LogP contribution in [0.1, 0.15) is 4.88 Å². The van der Waals surface area contributed by atoms with Gasteiger partial charge in [-0.15, -0.1) is 21.5 Å². The number of sulfonamides is 1. The van der Waals surface area contributed by atoms with Crippen LogP contribution in [0.25, 0.3) is 11.3 Å². The van der Waals surface area contributed by atoms with Crippen molar-refractivity contribution in [2.75, 3.05) is 31.1 Å². The van der Waals surface area contributed by atoms with Crippen LogP contribution in [0.5, 0.6) is 0 Å². The average molecular weight is 402 g/mol. The van der Waals surface area contributed by atoms with Crippen molar-refractivity contribution >= 4 is 27.2 Å². The molecule has 4 rings (SSSR count). The first-order valence-corrected chi connectivity index (χ1v) is 10.9. The summed E-state index contributed by atoms with van der Waals surface area (Å²) in [4.78, 5) is 7.06. The second kappa shape index (κ2) is 7.34. The molecule has 27 heavy (non-hydrogen) atoms. The van der Waals surface area contributed by atoms with Gasteiger partial charge in [0, 0.05) is 49.0 Å². The molecule has 1 fully saturated rings. The maximum atomic E-state index is 12.7.